The summed E-state index contributed by atoms with van der Waals surface area (Å²) in [4.78, 5) is 4.89. The van der Waals surface area contributed by atoms with Crippen LogP contribution in [0.1, 0.15) is 23.9 Å². The maximum atomic E-state index is 14.1. The van der Waals surface area contributed by atoms with Crippen molar-refractivity contribution in [3.63, 3.8) is 0 Å². The fourth-order valence-corrected chi connectivity index (χ4v) is 3.80. The molecule has 0 saturated carbocycles. The SMILES string of the molecule is Cc1nn(-c2ccc(F)cc2F)c(C)c1CNCC(C)CN1CCN(C)CC1. The van der Waals surface area contributed by atoms with Gasteiger partial charge in [0.1, 0.15) is 11.5 Å². The van der Waals surface area contributed by atoms with Crippen LogP contribution in [-0.2, 0) is 6.54 Å². The van der Waals surface area contributed by atoms with E-state index in [9.17, 15) is 8.78 Å². The Labute approximate surface area is 166 Å². The van der Waals surface area contributed by atoms with E-state index < -0.39 is 11.6 Å². The molecule has 28 heavy (non-hydrogen) atoms. The van der Waals surface area contributed by atoms with Crippen molar-refractivity contribution in [2.75, 3.05) is 46.3 Å². The summed E-state index contributed by atoms with van der Waals surface area (Å²) in [6.45, 7) is 13.4. The van der Waals surface area contributed by atoms with Crippen molar-refractivity contribution in [2.24, 2.45) is 5.92 Å². The van der Waals surface area contributed by atoms with E-state index >= 15 is 0 Å². The highest BCUT2D eigenvalue weighted by Crippen LogP contribution is 2.20. The van der Waals surface area contributed by atoms with E-state index in [0.29, 0.717) is 12.5 Å². The van der Waals surface area contributed by atoms with Crippen LogP contribution in [0.25, 0.3) is 5.69 Å². The molecule has 7 heteroatoms. The average molecular weight is 392 g/mol. The van der Waals surface area contributed by atoms with Crippen molar-refractivity contribution >= 4 is 0 Å². The highest BCUT2D eigenvalue weighted by atomic mass is 19.1. The highest BCUT2D eigenvalue weighted by Gasteiger charge is 2.18. The molecule has 3 rings (SSSR count). The first-order chi connectivity index (χ1) is 13.3. The Morgan fingerprint density at radius 2 is 1.86 bits per heavy atom. The lowest BCUT2D eigenvalue weighted by atomic mass is 10.1. The number of aromatic nitrogens is 2. The number of hydrogen-bond acceptors (Lipinski definition) is 4. The maximum absolute atomic E-state index is 14.1. The number of nitrogens with one attached hydrogen (secondary N) is 1. The molecule has 1 atom stereocenters. The van der Waals surface area contributed by atoms with Gasteiger partial charge >= 0.3 is 0 Å². The first-order valence-electron chi connectivity index (χ1n) is 9.97. The van der Waals surface area contributed by atoms with Gasteiger partial charge in [-0.1, -0.05) is 6.92 Å². The number of piperazine rings is 1. The minimum Gasteiger partial charge on any atom is -0.312 e. The minimum absolute atomic E-state index is 0.275. The maximum Gasteiger partial charge on any atom is 0.151 e. The quantitative estimate of drug-likeness (QED) is 0.787. The van der Waals surface area contributed by atoms with Gasteiger partial charge in [0.2, 0.25) is 0 Å². The smallest absolute Gasteiger partial charge is 0.151 e. The van der Waals surface area contributed by atoms with Crippen LogP contribution in [0.3, 0.4) is 0 Å². The van der Waals surface area contributed by atoms with Gasteiger partial charge in [-0.3, -0.25) is 0 Å². The average Bonchev–Trinajstić information content (AvgIpc) is 2.92. The number of likely N-dealkylation sites (N-methyl/N-ethyl adjacent to an activating group) is 1. The summed E-state index contributed by atoms with van der Waals surface area (Å²) in [7, 11) is 2.17. The number of aryl methyl sites for hydroxylation is 1. The molecule has 1 aliphatic rings. The van der Waals surface area contributed by atoms with E-state index in [1.165, 1.54) is 12.1 Å². The molecule has 0 spiro atoms. The number of hydrogen-bond donors (Lipinski definition) is 1. The normalized spacial score (nSPS) is 17.2. The van der Waals surface area contributed by atoms with E-state index in [0.717, 1.165) is 62.3 Å². The largest absolute Gasteiger partial charge is 0.312 e. The van der Waals surface area contributed by atoms with Gasteiger partial charge in [-0.05, 0) is 45.5 Å². The van der Waals surface area contributed by atoms with Crippen LogP contribution in [0.4, 0.5) is 8.78 Å². The lowest BCUT2D eigenvalue weighted by Crippen LogP contribution is -2.46. The van der Waals surface area contributed by atoms with Crippen LogP contribution >= 0.6 is 0 Å². The molecular formula is C21H31F2N5. The van der Waals surface area contributed by atoms with Crippen molar-refractivity contribution in [1.82, 2.24) is 24.9 Å². The molecule has 5 nitrogen and oxygen atoms in total. The molecule has 0 aliphatic carbocycles. The Morgan fingerprint density at radius 1 is 1.14 bits per heavy atom. The molecule has 2 heterocycles. The van der Waals surface area contributed by atoms with E-state index in [2.05, 4.69) is 34.2 Å². The van der Waals surface area contributed by atoms with E-state index in [1.54, 1.807) is 4.68 Å². The lowest BCUT2D eigenvalue weighted by Gasteiger charge is -2.34. The van der Waals surface area contributed by atoms with Gasteiger partial charge in [-0.25, -0.2) is 13.5 Å². The standard InChI is InChI=1S/C21H31F2N5/c1-15(14-27-9-7-26(4)8-10-27)12-24-13-19-16(2)25-28(17(19)3)21-6-5-18(22)11-20(21)23/h5-6,11,15,24H,7-10,12-14H2,1-4H3. The molecule has 0 amide bonds. The van der Waals surface area contributed by atoms with E-state index in [-0.39, 0.29) is 5.69 Å². The number of rotatable bonds is 7. The summed E-state index contributed by atoms with van der Waals surface area (Å²) in [6.07, 6.45) is 0. The number of nitrogens with zero attached hydrogens (tertiary/aromatic N) is 4. The zero-order chi connectivity index (χ0) is 20.3. The summed E-state index contributed by atoms with van der Waals surface area (Å²) in [6, 6.07) is 3.58. The van der Waals surface area contributed by atoms with E-state index in [4.69, 9.17) is 0 Å². The first kappa shape index (κ1) is 20.9. The first-order valence-corrected chi connectivity index (χ1v) is 9.97. The van der Waals surface area contributed by atoms with Crippen molar-refractivity contribution in [3.8, 4) is 5.69 Å². The molecule has 1 unspecified atom stereocenters. The third kappa shape index (κ3) is 4.96. The summed E-state index contributed by atoms with van der Waals surface area (Å²) in [5.41, 5.74) is 3.08. The van der Waals surface area contributed by atoms with Gasteiger partial charge in [0.05, 0.1) is 5.69 Å². The predicted octanol–water partition coefficient (Wildman–Crippen LogP) is 2.74. The summed E-state index contributed by atoms with van der Waals surface area (Å²) < 4.78 is 28.9. The number of halogens is 2. The van der Waals surface area contributed by atoms with Crippen LogP contribution < -0.4 is 5.32 Å². The molecule has 1 N–H and O–H groups in total. The number of benzene rings is 1. The van der Waals surface area contributed by atoms with Crippen LogP contribution in [0.2, 0.25) is 0 Å². The fraction of sp³-hybridized carbons (Fsp3) is 0.571. The Morgan fingerprint density at radius 3 is 2.54 bits per heavy atom. The summed E-state index contributed by atoms with van der Waals surface area (Å²) >= 11 is 0. The molecule has 0 radical (unpaired) electrons. The molecule has 1 aliphatic heterocycles. The monoisotopic (exact) mass is 391 g/mol. The minimum atomic E-state index is -0.606. The summed E-state index contributed by atoms with van der Waals surface area (Å²) in [5, 5.41) is 8.00. The highest BCUT2D eigenvalue weighted by molar-refractivity contribution is 5.38. The zero-order valence-electron chi connectivity index (χ0n) is 17.3. The topological polar surface area (TPSA) is 36.3 Å². The van der Waals surface area contributed by atoms with Crippen LogP contribution in [0.5, 0.6) is 0 Å². The van der Waals surface area contributed by atoms with Crippen LogP contribution in [0, 0.1) is 31.4 Å². The van der Waals surface area contributed by atoms with Crippen LogP contribution in [0.15, 0.2) is 18.2 Å². The van der Waals surface area contributed by atoms with Gasteiger partial charge < -0.3 is 15.1 Å². The Balaban J connectivity index is 1.57. The van der Waals surface area contributed by atoms with Gasteiger partial charge in [0, 0.05) is 56.6 Å². The second-order valence-corrected chi connectivity index (χ2v) is 8.00. The van der Waals surface area contributed by atoms with Gasteiger partial charge in [0.15, 0.2) is 5.82 Å². The fourth-order valence-electron chi connectivity index (χ4n) is 3.80. The second-order valence-electron chi connectivity index (χ2n) is 8.00. The van der Waals surface area contributed by atoms with Gasteiger partial charge in [0.25, 0.3) is 0 Å². The Bertz CT molecular complexity index is 796. The zero-order valence-corrected chi connectivity index (χ0v) is 17.3. The third-order valence-corrected chi connectivity index (χ3v) is 5.54. The van der Waals surface area contributed by atoms with Crippen molar-refractivity contribution in [2.45, 2.75) is 27.3 Å². The molecule has 1 aromatic heterocycles. The molecule has 154 valence electrons. The van der Waals surface area contributed by atoms with Gasteiger partial charge in [-0.15, -0.1) is 0 Å². The second kappa shape index (κ2) is 9.11. The lowest BCUT2D eigenvalue weighted by molar-refractivity contribution is 0.138. The molecular weight excluding hydrogens is 360 g/mol. The Hall–Kier alpha value is -1.83. The molecule has 1 aromatic carbocycles. The van der Waals surface area contributed by atoms with Crippen LogP contribution in [-0.4, -0.2) is 65.9 Å². The summed E-state index contributed by atoms with van der Waals surface area (Å²) in [5.74, 6) is -0.640. The van der Waals surface area contributed by atoms with Crippen molar-refractivity contribution in [3.05, 3.63) is 46.8 Å². The molecule has 1 saturated heterocycles. The third-order valence-electron chi connectivity index (χ3n) is 5.54. The van der Waals surface area contributed by atoms with Crippen molar-refractivity contribution < 1.29 is 8.78 Å². The molecule has 2 aromatic rings. The predicted molar refractivity (Wildman–Crippen MR) is 108 cm³/mol. The van der Waals surface area contributed by atoms with Gasteiger partial charge in [-0.2, -0.15) is 5.10 Å². The van der Waals surface area contributed by atoms with E-state index in [1.807, 2.05) is 13.8 Å². The molecule has 1 fully saturated rings. The van der Waals surface area contributed by atoms with Crippen molar-refractivity contribution in [1.29, 1.82) is 0 Å². The Kier molecular flexibility index (Phi) is 6.80. The molecule has 0 bridgehead atoms.